The van der Waals surface area contributed by atoms with E-state index in [2.05, 4.69) is 11.0 Å². The van der Waals surface area contributed by atoms with Crippen LogP contribution in [0, 0.1) is 11.3 Å². The molecule has 2 aromatic carbocycles. The van der Waals surface area contributed by atoms with Gasteiger partial charge in [0.25, 0.3) is 0 Å². The summed E-state index contributed by atoms with van der Waals surface area (Å²) in [5.74, 6) is 0.447. The summed E-state index contributed by atoms with van der Waals surface area (Å²) in [5, 5.41) is 19.4. The van der Waals surface area contributed by atoms with Crippen LogP contribution >= 0.6 is 0 Å². The average Bonchev–Trinajstić information content (AvgIpc) is 2.64. The van der Waals surface area contributed by atoms with Crippen molar-refractivity contribution >= 4 is 0 Å². The van der Waals surface area contributed by atoms with Crippen LogP contribution in [-0.2, 0) is 4.74 Å². The van der Waals surface area contributed by atoms with E-state index < -0.39 is 6.04 Å². The molecule has 5 heteroatoms. The molecule has 0 aliphatic carbocycles. The van der Waals surface area contributed by atoms with Crippen molar-refractivity contribution in [2.75, 3.05) is 26.8 Å². The van der Waals surface area contributed by atoms with Gasteiger partial charge in [-0.05, 0) is 23.3 Å². The molecule has 124 valence electrons. The van der Waals surface area contributed by atoms with Gasteiger partial charge in [-0.1, -0.05) is 36.4 Å². The molecule has 0 radical (unpaired) electrons. The number of methoxy groups -OCH3 is 1. The molecule has 0 saturated carbocycles. The van der Waals surface area contributed by atoms with Crippen LogP contribution in [0.1, 0.15) is 23.3 Å². The molecule has 0 amide bonds. The summed E-state index contributed by atoms with van der Waals surface area (Å²) in [5.41, 5.74) is 1.92. The summed E-state index contributed by atoms with van der Waals surface area (Å²) in [4.78, 5) is 2.10. The Hall–Kier alpha value is -2.55. The Morgan fingerprint density at radius 2 is 2.08 bits per heavy atom. The van der Waals surface area contributed by atoms with E-state index in [1.165, 1.54) is 7.11 Å². The lowest BCUT2D eigenvalue weighted by Gasteiger charge is -2.36. The maximum Gasteiger partial charge on any atom is 0.160 e. The summed E-state index contributed by atoms with van der Waals surface area (Å²) in [6.45, 7) is 1.91. The van der Waals surface area contributed by atoms with Crippen molar-refractivity contribution in [3.63, 3.8) is 0 Å². The van der Waals surface area contributed by atoms with Gasteiger partial charge in [-0.3, -0.25) is 4.90 Å². The van der Waals surface area contributed by atoms with E-state index in [1.54, 1.807) is 18.2 Å². The van der Waals surface area contributed by atoms with Gasteiger partial charge in [0.05, 0.1) is 25.9 Å². The molecule has 1 aliphatic heterocycles. The fourth-order valence-electron chi connectivity index (χ4n) is 3.00. The normalized spacial score (nSPS) is 19.4. The summed E-state index contributed by atoms with van der Waals surface area (Å²) in [6.07, 6.45) is -0.0465. The van der Waals surface area contributed by atoms with Crippen LogP contribution in [0.3, 0.4) is 0 Å². The second kappa shape index (κ2) is 7.35. The number of benzene rings is 2. The number of ether oxygens (including phenoxy) is 2. The first-order valence-corrected chi connectivity index (χ1v) is 7.90. The molecule has 2 aromatic rings. The van der Waals surface area contributed by atoms with E-state index >= 15 is 0 Å². The molecule has 0 bridgehead atoms. The van der Waals surface area contributed by atoms with E-state index in [0.29, 0.717) is 25.4 Å². The smallest absolute Gasteiger partial charge is 0.160 e. The molecule has 3 rings (SSSR count). The van der Waals surface area contributed by atoms with Gasteiger partial charge in [0, 0.05) is 13.1 Å². The van der Waals surface area contributed by atoms with Crippen molar-refractivity contribution in [2.24, 2.45) is 0 Å². The minimum Gasteiger partial charge on any atom is -0.504 e. The Bertz CT molecular complexity index is 727. The van der Waals surface area contributed by atoms with Gasteiger partial charge in [0.15, 0.2) is 11.5 Å². The van der Waals surface area contributed by atoms with Gasteiger partial charge in [-0.15, -0.1) is 0 Å². The zero-order chi connectivity index (χ0) is 16.9. The molecule has 1 aliphatic rings. The molecule has 5 nitrogen and oxygen atoms in total. The molecule has 1 N–H and O–H groups in total. The zero-order valence-electron chi connectivity index (χ0n) is 13.6. The molecular weight excluding hydrogens is 304 g/mol. The van der Waals surface area contributed by atoms with E-state index in [1.807, 2.05) is 30.3 Å². The van der Waals surface area contributed by atoms with E-state index in [4.69, 9.17) is 9.47 Å². The Kier molecular flexibility index (Phi) is 4.99. The molecule has 1 saturated heterocycles. The van der Waals surface area contributed by atoms with Crippen molar-refractivity contribution in [1.29, 1.82) is 5.26 Å². The largest absolute Gasteiger partial charge is 0.504 e. The predicted octanol–water partition coefficient (Wildman–Crippen LogP) is 3.04. The minimum absolute atomic E-state index is 0.0465. The highest BCUT2D eigenvalue weighted by Crippen LogP contribution is 2.33. The fourth-order valence-corrected chi connectivity index (χ4v) is 3.00. The van der Waals surface area contributed by atoms with Crippen LogP contribution in [0.15, 0.2) is 48.5 Å². The maximum absolute atomic E-state index is 9.75. The van der Waals surface area contributed by atoms with Gasteiger partial charge < -0.3 is 14.6 Å². The van der Waals surface area contributed by atoms with Crippen molar-refractivity contribution < 1.29 is 14.6 Å². The first-order valence-electron chi connectivity index (χ1n) is 7.90. The number of nitrogens with zero attached hydrogens (tertiary/aromatic N) is 2. The van der Waals surface area contributed by atoms with Gasteiger partial charge in [0.1, 0.15) is 6.04 Å². The Morgan fingerprint density at radius 3 is 2.79 bits per heavy atom. The quantitative estimate of drug-likeness (QED) is 0.936. The Morgan fingerprint density at radius 1 is 1.29 bits per heavy atom. The third-order valence-corrected chi connectivity index (χ3v) is 4.28. The van der Waals surface area contributed by atoms with Crippen molar-refractivity contribution in [2.45, 2.75) is 12.1 Å². The summed E-state index contributed by atoms with van der Waals surface area (Å²) in [6, 6.07) is 17.0. The summed E-state index contributed by atoms with van der Waals surface area (Å²) >= 11 is 0. The number of morpholine rings is 1. The van der Waals surface area contributed by atoms with Crippen molar-refractivity contribution in [3.8, 4) is 17.6 Å². The number of hydrogen-bond donors (Lipinski definition) is 1. The standard InChI is InChI=1S/C19H20N2O3/c1-23-18-11-15(7-8-17(18)22)16(12-20)21-9-10-24-19(13-21)14-5-3-2-4-6-14/h2-8,11,16,19,22H,9-10,13H2,1H3/t16-,19+/m1/s1. The highest BCUT2D eigenvalue weighted by Gasteiger charge is 2.28. The lowest BCUT2D eigenvalue weighted by Crippen LogP contribution is -2.40. The highest BCUT2D eigenvalue weighted by atomic mass is 16.5. The monoisotopic (exact) mass is 324 g/mol. The lowest BCUT2D eigenvalue weighted by molar-refractivity contribution is -0.0383. The van der Waals surface area contributed by atoms with E-state index in [-0.39, 0.29) is 11.9 Å². The SMILES string of the molecule is COc1cc([C@@H](C#N)N2CCO[C@H](c3ccccc3)C2)ccc1O. The zero-order valence-corrected chi connectivity index (χ0v) is 13.6. The second-order valence-electron chi connectivity index (χ2n) is 5.73. The molecule has 0 spiro atoms. The third-order valence-electron chi connectivity index (χ3n) is 4.28. The number of aromatic hydroxyl groups is 1. The average molecular weight is 324 g/mol. The van der Waals surface area contributed by atoms with Crippen LogP contribution in [0.4, 0.5) is 0 Å². The molecule has 0 unspecified atom stereocenters. The second-order valence-corrected chi connectivity index (χ2v) is 5.73. The molecule has 0 aromatic heterocycles. The first kappa shape index (κ1) is 16.3. The maximum atomic E-state index is 9.75. The predicted molar refractivity (Wildman–Crippen MR) is 89.7 cm³/mol. The fraction of sp³-hybridized carbons (Fsp3) is 0.316. The molecular formula is C19H20N2O3. The lowest BCUT2D eigenvalue weighted by atomic mass is 10.0. The Balaban J connectivity index is 1.82. The van der Waals surface area contributed by atoms with Crippen molar-refractivity contribution in [1.82, 2.24) is 4.90 Å². The van der Waals surface area contributed by atoms with Gasteiger partial charge >= 0.3 is 0 Å². The number of phenols is 1. The van der Waals surface area contributed by atoms with Crippen LogP contribution in [0.25, 0.3) is 0 Å². The summed E-state index contributed by atoms with van der Waals surface area (Å²) in [7, 11) is 1.50. The molecule has 24 heavy (non-hydrogen) atoms. The third kappa shape index (κ3) is 3.35. The van der Waals surface area contributed by atoms with E-state index in [9.17, 15) is 10.4 Å². The van der Waals surface area contributed by atoms with Crippen LogP contribution < -0.4 is 4.74 Å². The van der Waals surface area contributed by atoms with Crippen molar-refractivity contribution in [3.05, 3.63) is 59.7 Å². The topological polar surface area (TPSA) is 65.7 Å². The van der Waals surface area contributed by atoms with Crippen LogP contribution in [0.2, 0.25) is 0 Å². The van der Waals surface area contributed by atoms with E-state index in [0.717, 1.165) is 11.1 Å². The van der Waals surface area contributed by atoms with Crippen LogP contribution in [-0.4, -0.2) is 36.8 Å². The Labute approximate surface area is 141 Å². The first-order chi connectivity index (χ1) is 11.7. The number of rotatable bonds is 4. The molecule has 1 heterocycles. The number of phenolic OH excluding ortho intramolecular Hbond substituents is 1. The molecule has 2 atom stereocenters. The number of nitriles is 1. The molecule has 1 fully saturated rings. The summed E-state index contributed by atoms with van der Waals surface area (Å²) < 4.78 is 11.0. The van der Waals surface area contributed by atoms with Gasteiger partial charge in [-0.25, -0.2) is 0 Å². The van der Waals surface area contributed by atoms with Gasteiger partial charge in [-0.2, -0.15) is 5.26 Å². The van der Waals surface area contributed by atoms with Gasteiger partial charge in [0.2, 0.25) is 0 Å². The highest BCUT2D eigenvalue weighted by molar-refractivity contribution is 5.43. The van der Waals surface area contributed by atoms with Crippen LogP contribution in [0.5, 0.6) is 11.5 Å². The minimum atomic E-state index is -0.408. The number of hydrogen-bond acceptors (Lipinski definition) is 5.